The van der Waals surface area contributed by atoms with Crippen LogP contribution in [0.4, 0.5) is 0 Å². The third-order valence-electron chi connectivity index (χ3n) is 3.61. The van der Waals surface area contributed by atoms with Crippen LogP contribution in [0.25, 0.3) is 11.0 Å². The van der Waals surface area contributed by atoms with Gasteiger partial charge in [0.1, 0.15) is 24.0 Å². The first-order valence-corrected chi connectivity index (χ1v) is 7.52. The molecule has 2 aromatic heterocycles. The van der Waals surface area contributed by atoms with E-state index in [4.69, 9.17) is 14.6 Å². The van der Waals surface area contributed by atoms with Crippen LogP contribution < -0.4 is 10.4 Å². The molecule has 4 N–H and O–H groups in total. The quantitative estimate of drug-likeness (QED) is 0.464. The maximum absolute atomic E-state index is 11.7. The lowest BCUT2D eigenvalue weighted by atomic mass is 10.1. The topological polar surface area (TPSA) is 130 Å². The van der Waals surface area contributed by atoms with Crippen molar-refractivity contribution >= 4 is 33.6 Å². The molecule has 3 heterocycles. The van der Waals surface area contributed by atoms with Crippen LogP contribution >= 0.6 is 22.6 Å². The van der Waals surface area contributed by atoms with Crippen LogP contribution in [0, 0.1) is 3.57 Å². The Morgan fingerprint density at radius 3 is 2.82 bits per heavy atom. The van der Waals surface area contributed by atoms with Gasteiger partial charge < -0.3 is 29.4 Å². The zero-order chi connectivity index (χ0) is 16.0. The Bertz CT molecular complexity index is 759. The summed E-state index contributed by atoms with van der Waals surface area (Å²) in [4.78, 5) is 18.0. The first kappa shape index (κ1) is 15.7. The van der Waals surface area contributed by atoms with Gasteiger partial charge in [0.05, 0.1) is 19.1 Å². The molecule has 0 aliphatic carbocycles. The molecule has 0 amide bonds. The molecule has 0 saturated carbocycles. The third-order valence-corrected chi connectivity index (χ3v) is 4.43. The first-order valence-electron chi connectivity index (χ1n) is 6.44. The summed E-state index contributed by atoms with van der Waals surface area (Å²) in [6, 6.07) is 0. The lowest BCUT2D eigenvalue weighted by molar-refractivity contribution is -0.0509. The van der Waals surface area contributed by atoms with Gasteiger partial charge in [-0.05, 0) is 22.6 Å². The Morgan fingerprint density at radius 1 is 1.50 bits per heavy atom. The highest BCUT2D eigenvalue weighted by Crippen LogP contribution is 2.35. The summed E-state index contributed by atoms with van der Waals surface area (Å²) >= 11 is 2.04. The molecule has 10 heteroatoms. The lowest BCUT2D eigenvalue weighted by Gasteiger charge is -2.17. The smallest absolute Gasteiger partial charge is 0.349 e. The number of nitrogens with one attached hydrogen (secondary N) is 1. The number of H-pyrrole nitrogens is 1. The molecule has 2 aromatic rings. The molecule has 120 valence electrons. The second-order valence-corrected chi connectivity index (χ2v) is 6.05. The van der Waals surface area contributed by atoms with Gasteiger partial charge in [0.25, 0.3) is 0 Å². The van der Waals surface area contributed by atoms with E-state index >= 15 is 0 Å². The normalized spacial score (nSPS) is 28.4. The SMILES string of the molecule is COc1nc(=O)[nH]c2c1c(I)cn2[C@H]1O[C@@H](CO)[C@H](O)[C@@H]1O. The van der Waals surface area contributed by atoms with E-state index in [1.165, 1.54) is 11.7 Å². The predicted octanol–water partition coefficient (Wildman–Crippen LogP) is -1.05. The number of aromatic amines is 1. The van der Waals surface area contributed by atoms with Gasteiger partial charge in [-0.3, -0.25) is 4.98 Å². The van der Waals surface area contributed by atoms with Gasteiger partial charge in [0.15, 0.2) is 6.23 Å². The number of rotatable bonds is 3. The number of aliphatic hydroxyl groups excluding tert-OH is 3. The summed E-state index contributed by atoms with van der Waals surface area (Å²) in [5.74, 6) is 0.161. The monoisotopic (exact) mass is 423 g/mol. The van der Waals surface area contributed by atoms with Gasteiger partial charge in [0, 0.05) is 9.77 Å². The Hall–Kier alpha value is -1.21. The summed E-state index contributed by atoms with van der Waals surface area (Å²) in [6.07, 6.45) is -2.66. The molecule has 1 saturated heterocycles. The Labute approximate surface area is 137 Å². The highest BCUT2D eigenvalue weighted by atomic mass is 127. The summed E-state index contributed by atoms with van der Waals surface area (Å²) in [5.41, 5.74) is -0.247. The van der Waals surface area contributed by atoms with Crippen LogP contribution in [0.2, 0.25) is 0 Å². The highest BCUT2D eigenvalue weighted by Gasteiger charge is 2.44. The molecule has 0 unspecified atom stereocenters. The fourth-order valence-corrected chi connectivity index (χ4v) is 3.35. The first-order chi connectivity index (χ1) is 10.5. The van der Waals surface area contributed by atoms with Crippen molar-refractivity contribution in [2.75, 3.05) is 13.7 Å². The molecule has 3 rings (SSSR count). The molecule has 4 atom stereocenters. The summed E-state index contributed by atoms with van der Waals surface area (Å²) < 4.78 is 12.8. The Kier molecular flexibility index (Phi) is 4.11. The summed E-state index contributed by atoms with van der Waals surface area (Å²) in [7, 11) is 1.40. The van der Waals surface area contributed by atoms with Gasteiger partial charge in [-0.15, -0.1) is 0 Å². The number of hydrogen-bond acceptors (Lipinski definition) is 7. The largest absolute Gasteiger partial charge is 0.480 e. The van der Waals surface area contributed by atoms with Gasteiger partial charge in [-0.1, -0.05) is 0 Å². The molecule has 0 spiro atoms. The van der Waals surface area contributed by atoms with E-state index in [2.05, 4.69) is 9.97 Å². The maximum atomic E-state index is 11.7. The van der Waals surface area contributed by atoms with Gasteiger partial charge in [-0.2, -0.15) is 4.98 Å². The second kappa shape index (κ2) is 5.77. The number of aliphatic hydroxyl groups is 3. The lowest BCUT2D eigenvalue weighted by Crippen LogP contribution is -2.33. The number of halogens is 1. The number of aromatic nitrogens is 3. The van der Waals surface area contributed by atoms with E-state index in [1.807, 2.05) is 22.6 Å². The Balaban J connectivity index is 2.16. The molecule has 22 heavy (non-hydrogen) atoms. The molecule has 0 bridgehead atoms. The number of ether oxygens (including phenoxy) is 2. The van der Waals surface area contributed by atoms with Crippen molar-refractivity contribution in [1.82, 2.24) is 14.5 Å². The van der Waals surface area contributed by atoms with Crippen LogP contribution in [-0.2, 0) is 4.74 Å². The predicted molar refractivity (Wildman–Crippen MR) is 82.6 cm³/mol. The number of hydrogen-bond donors (Lipinski definition) is 4. The van der Waals surface area contributed by atoms with E-state index in [0.717, 1.165) is 3.57 Å². The fraction of sp³-hybridized carbons (Fsp3) is 0.500. The van der Waals surface area contributed by atoms with Crippen molar-refractivity contribution in [2.45, 2.75) is 24.5 Å². The highest BCUT2D eigenvalue weighted by molar-refractivity contribution is 14.1. The summed E-state index contributed by atoms with van der Waals surface area (Å²) in [6.45, 7) is -0.424. The van der Waals surface area contributed by atoms with E-state index in [-0.39, 0.29) is 5.88 Å². The van der Waals surface area contributed by atoms with Crippen LogP contribution in [-0.4, -0.2) is 61.9 Å². The maximum Gasteiger partial charge on any atom is 0.349 e. The van der Waals surface area contributed by atoms with E-state index in [9.17, 15) is 15.0 Å². The van der Waals surface area contributed by atoms with E-state index < -0.39 is 36.8 Å². The van der Waals surface area contributed by atoms with Crippen molar-refractivity contribution in [3.63, 3.8) is 0 Å². The van der Waals surface area contributed by atoms with Crippen LogP contribution in [0.3, 0.4) is 0 Å². The minimum Gasteiger partial charge on any atom is -0.480 e. The van der Waals surface area contributed by atoms with Crippen molar-refractivity contribution in [3.05, 3.63) is 20.3 Å². The molecule has 1 aliphatic heterocycles. The molecule has 9 nitrogen and oxygen atoms in total. The van der Waals surface area contributed by atoms with Gasteiger partial charge in [-0.25, -0.2) is 4.79 Å². The molecule has 0 aromatic carbocycles. The average Bonchev–Trinajstić information content (AvgIpc) is 2.97. The number of fused-ring (bicyclic) bond motifs is 1. The average molecular weight is 423 g/mol. The van der Waals surface area contributed by atoms with Crippen molar-refractivity contribution < 1.29 is 24.8 Å². The second-order valence-electron chi connectivity index (χ2n) is 4.89. The van der Waals surface area contributed by atoms with Crippen LogP contribution in [0.5, 0.6) is 5.88 Å². The molecular weight excluding hydrogens is 409 g/mol. The van der Waals surface area contributed by atoms with Crippen molar-refractivity contribution in [2.24, 2.45) is 0 Å². The minimum absolute atomic E-state index is 0.161. The molecular formula is C12H14IN3O6. The Morgan fingerprint density at radius 2 is 2.23 bits per heavy atom. The zero-order valence-corrected chi connectivity index (χ0v) is 13.6. The van der Waals surface area contributed by atoms with Crippen molar-refractivity contribution in [1.29, 1.82) is 0 Å². The zero-order valence-electron chi connectivity index (χ0n) is 11.4. The fourth-order valence-electron chi connectivity index (χ4n) is 2.56. The summed E-state index contributed by atoms with van der Waals surface area (Å²) in [5, 5.41) is 29.7. The molecule has 0 radical (unpaired) electrons. The van der Waals surface area contributed by atoms with E-state index in [1.54, 1.807) is 6.20 Å². The minimum atomic E-state index is -1.24. The number of nitrogens with zero attached hydrogens (tertiary/aromatic N) is 2. The standard InChI is InChI=1S/C12H14IN3O6/c1-21-10-6-4(13)2-16(9(6)14-12(20)15-10)11-8(19)7(18)5(3-17)22-11/h2,5,7-8,11,17-19H,3H2,1H3,(H,14,15,20)/t5-,7-,8-,11-/m0/s1. The van der Waals surface area contributed by atoms with E-state index in [0.29, 0.717) is 11.0 Å². The molecule has 1 fully saturated rings. The van der Waals surface area contributed by atoms with Crippen LogP contribution in [0.1, 0.15) is 6.23 Å². The van der Waals surface area contributed by atoms with Gasteiger partial charge in [0.2, 0.25) is 5.88 Å². The van der Waals surface area contributed by atoms with Crippen LogP contribution in [0.15, 0.2) is 11.0 Å². The van der Waals surface area contributed by atoms with Crippen molar-refractivity contribution in [3.8, 4) is 5.88 Å². The third kappa shape index (κ3) is 2.31. The van der Waals surface area contributed by atoms with Gasteiger partial charge >= 0.3 is 5.69 Å². The number of methoxy groups -OCH3 is 1. The molecule has 1 aliphatic rings.